The minimum Gasteiger partial charge on any atom is -0.483 e. The number of benzene rings is 1. The molecule has 3 N–H and O–H groups in total. The van der Waals surface area contributed by atoms with Crippen molar-refractivity contribution in [2.24, 2.45) is 5.92 Å². The molecule has 1 saturated heterocycles. The van der Waals surface area contributed by atoms with Gasteiger partial charge in [0.05, 0.1) is 11.2 Å². The molecule has 1 aromatic heterocycles. The normalized spacial score (nSPS) is 19.9. The lowest BCUT2D eigenvalue weighted by Crippen LogP contribution is -2.48. The molecule has 2 heterocycles. The van der Waals surface area contributed by atoms with Crippen LogP contribution in [0.3, 0.4) is 0 Å². The number of allylic oxidation sites excluding steroid dienone is 2. The lowest BCUT2D eigenvalue weighted by atomic mass is 9.96. The fourth-order valence-electron chi connectivity index (χ4n) is 4.89. The molecule has 2 aromatic rings. The molecule has 1 aromatic carbocycles. The number of anilines is 1. The second kappa shape index (κ2) is 13.8. The second-order valence-corrected chi connectivity index (χ2v) is 10.1. The molecule has 0 spiro atoms. The van der Waals surface area contributed by atoms with Gasteiger partial charge in [0.1, 0.15) is 11.4 Å². The lowest BCUT2D eigenvalue weighted by Gasteiger charge is -2.35. The minimum absolute atomic E-state index is 0.0484. The second-order valence-electron chi connectivity index (χ2n) is 10.1. The molecule has 10 nitrogen and oxygen atoms in total. The zero-order valence-corrected chi connectivity index (χ0v) is 22.1. The summed E-state index contributed by atoms with van der Waals surface area (Å²) in [5.74, 6) is -0.978. The van der Waals surface area contributed by atoms with Crippen molar-refractivity contribution in [2.75, 3.05) is 31.1 Å². The number of hydrogen-bond donors (Lipinski definition) is 3. The monoisotopic (exact) mass is 545 g/mol. The van der Waals surface area contributed by atoms with Crippen LogP contribution in [0.5, 0.6) is 0 Å². The van der Waals surface area contributed by atoms with E-state index in [4.69, 9.17) is 15.0 Å². The summed E-state index contributed by atoms with van der Waals surface area (Å²) in [4.78, 5) is 46.3. The highest BCUT2D eigenvalue weighted by Crippen LogP contribution is 2.38. The highest BCUT2D eigenvalue weighted by Gasteiger charge is 2.29. The number of fused-ring (bicyclic) bond motifs is 1. The third-order valence-electron chi connectivity index (χ3n) is 7.22. The number of piperazine rings is 1. The Morgan fingerprint density at radius 2 is 1.64 bits per heavy atom. The Labute approximate surface area is 225 Å². The molecule has 39 heavy (non-hydrogen) atoms. The van der Waals surface area contributed by atoms with Gasteiger partial charge in [-0.25, -0.2) is 14.0 Å². The Morgan fingerprint density at radius 1 is 1.00 bits per heavy atom. The van der Waals surface area contributed by atoms with Crippen molar-refractivity contribution in [3.63, 3.8) is 0 Å². The first kappa shape index (κ1) is 29.7. The summed E-state index contributed by atoms with van der Waals surface area (Å²) in [6.07, 6.45) is 13.6. The van der Waals surface area contributed by atoms with E-state index in [2.05, 4.69) is 19.1 Å². The molecule has 1 saturated carbocycles. The van der Waals surface area contributed by atoms with Gasteiger partial charge in [-0.1, -0.05) is 25.5 Å². The quantitative estimate of drug-likeness (QED) is 0.368. The van der Waals surface area contributed by atoms with Crippen molar-refractivity contribution < 1.29 is 34.1 Å². The number of carboxylic acids is 1. The van der Waals surface area contributed by atoms with E-state index in [-0.39, 0.29) is 36.6 Å². The topological polar surface area (TPSA) is 140 Å². The first-order valence-corrected chi connectivity index (χ1v) is 13.2. The predicted octanol–water partition coefficient (Wildman–Crippen LogP) is 4.82. The molecule has 1 atom stereocenters. The van der Waals surface area contributed by atoms with Gasteiger partial charge in [-0.05, 0) is 56.6 Å². The molecule has 1 unspecified atom stereocenters. The summed E-state index contributed by atoms with van der Waals surface area (Å²) < 4.78 is 16.5. The third-order valence-corrected chi connectivity index (χ3v) is 7.22. The van der Waals surface area contributed by atoms with Gasteiger partial charge in [0.2, 0.25) is 5.43 Å². The van der Waals surface area contributed by atoms with Gasteiger partial charge in [0.15, 0.2) is 0 Å². The number of hydrogen-bond acceptors (Lipinski definition) is 5. The number of halogens is 1. The first-order chi connectivity index (χ1) is 18.7. The number of carboxylic acid groups (broad SMARTS) is 3. The van der Waals surface area contributed by atoms with Crippen molar-refractivity contribution in [1.29, 1.82) is 0 Å². The predicted molar refractivity (Wildman–Crippen MR) is 145 cm³/mol. The van der Waals surface area contributed by atoms with Crippen molar-refractivity contribution in [3.8, 4) is 0 Å². The molecule has 11 heteroatoms. The van der Waals surface area contributed by atoms with Crippen LogP contribution in [0, 0.1) is 11.7 Å². The van der Waals surface area contributed by atoms with Crippen LogP contribution in [-0.4, -0.2) is 69.5 Å². The fourth-order valence-corrected chi connectivity index (χ4v) is 4.89. The zero-order valence-electron chi connectivity index (χ0n) is 22.1. The van der Waals surface area contributed by atoms with E-state index < -0.39 is 23.3 Å². The smallest absolute Gasteiger partial charge is 0.407 e. The molecule has 2 fully saturated rings. The molecule has 5 rings (SSSR count). The Balaban J connectivity index is 0.000000293. The van der Waals surface area contributed by atoms with E-state index in [1.165, 1.54) is 43.2 Å². The lowest BCUT2D eigenvalue weighted by molar-refractivity contribution is -0.122. The number of nitrogens with zero attached hydrogens (tertiary/aromatic N) is 3. The maximum Gasteiger partial charge on any atom is 0.407 e. The van der Waals surface area contributed by atoms with Crippen LogP contribution in [0.1, 0.15) is 68.3 Å². The molecular weight excluding hydrogens is 509 g/mol. The van der Waals surface area contributed by atoms with Crippen molar-refractivity contribution in [3.05, 3.63) is 52.1 Å². The van der Waals surface area contributed by atoms with E-state index in [0.717, 1.165) is 24.8 Å². The number of amides is 1. The molecule has 0 radical (unpaired) electrons. The average Bonchev–Trinajstić information content (AvgIpc) is 3.73. The number of aromatic carboxylic acids is 1. The van der Waals surface area contributed by atoms with Crippen LogP contribution in [0.15, 0.2) is 35.3 Å². The standard InChI is InChI=1S/C18H18FN3O5.C9H16.CH2O2/c19-13-7-11-14(8-15(13)20-3-5-21(6-4-20)18(26)27)22(10-1-2-10)9-12(16(11)23)17(24)25;1-9-7-5-3-2-4-6-8-9;2-1-3/h7-10H,1-6H2,(H,24,25)(H,26,27);2-3,9H,4-8H2,1H3;1H,(H,2,3)/b;3-2+;. The van der Waals surface area contributed by atoms with E-state index in [0.29, 0.717) is 24.3 Å². The SMILES string of the molecule is CC1CC/C=C/CCC1.O=C(O)c1cn(C2CC2)c2cc(N3CCN(C(=O)O)CC3)c(F)cc2c1=O.O=CO. The van der Waals surface area contributed by atoms with Gasteiger partial charge < -0.3 is 29.7 Å². The molecular formula is C28H36FN3O7. The van der Waals surface area contributed by atoms with E-state index >= 15 is 0 Å². The number of pyridine rings is 1. The van der Waals surface area contributed by atoms with Crippen LogP contribution in [0.25, 0.3) is 10.9 Å². The molecule has 0 bridgehead atoms. The summed E-state index contributed by atoms with van der Waals surface area (Å²) in [6.45, 7) is 3.32. The summed E-state index contributed by atoms with van der Waals surface area (Å²) in [5.41, 5.74) is -0.263. The summed E-state index contributed by atoms with van der Waals surface area (Å²) in [6, 6.07) is 2.78. The van der Waals surface area contributed by atoms with Crippen LogP contribution in [0.4, 0.5) is 14.9 Å². The Hall–Kier alpha value is -3.89. The average molecular weight is 546 g/mol. The van der Waals surface area contributed by atoms with E-state index in [1.807, 2.05) is 0 Å². The highest BCUT2D eigenvalue weighted by molar-refractivity contribution is 5.93. The van der Waals surface area contributed by atoms with Gasteiger partial charge in [-0.15, -0.1) is 0 Å². The van der Waals surface area contributed by atoms with Gasteiger partial charge in [0, 0.05) is 43.8 Å². The Kier molecular flexibility index (Phi) is 10.5. The molecule has 3 aliphatic rings. The maximum atomic E-state index is 14.8. The summed E-state index contributed by atoms with van der Waals surface area (Å²) >= 11 is 0. The number of aromatic nitrogens is 1. The molecule has 1 aliphatic heterocycles. The zero-order chi connectivity index (χ0) is 28.5. The first-order valence-electron chi connectivity index (χ1n) is 13.2. The Bertz CT molecular complexity index is 1260. The van der Waals surface area contributed by atoms with Gasteiger partial charge in [-0.2, -0.15) is 0 Å². The van der Waals surface area contributed by atoms with Crippen molar-refractivity contribution >= 4 is 35.1 Å². The molecule has 212 valence electrons. The largest absolute Gasteiger partial charge is 0.483 e. The van der Waals surface area contributed by atoms with Crippen LogP contribution >= 0.6 is 0 Å². The van der Waals surface area contributed by atoms with Crippen LogP contribution in [0.2, 0.25) is 0 Å². The van der Waals surface area contributed by atoms with Crippen LogP contribution < -0.4 is 10.3 Å². The third kappa shape index (κ3) is 7.81. The van der Waals surface area contributed by atoms with Crippen molar-refractivity contribution in [2.45, 2.75) is 57.9 Å². The molecule has 1 amide bonds. The van der Waals surface area contributed by atoms with Gasteiger partial charge in [0.25, 0.3) is 6.47 Å². The van der Waals surface area contributed by atoms with Crippen LogP contribution in [-0.2, 0) is 4.79 Å². The van der Waals surface area contributed by atoms with Gasteiger partial charge >= 0.3 is 12.1 Å². The van der Waals surface area contributed by atoms with E-state index in [1.54, 1.807) is 15.5 Å². The fraction of sp³-hybridized carbons (Fsp3) is 0.500. The van der Waals surface area contributed by atoms with Gasteiger partial charge in [-0.3, -0.25) is 9.59 Å². The molecule has 2 aliphatic carbocycles. The minimum atomic E-state index is -1.33. The summed E-state index contributed by atoms with van der Waals surface area (Å²) in [7, 11) is 0. The Morgan fingerprint density at radius 3 is 2.23 bits per heavy atom. The van der Waals surface area contributed by atoms with Crippen molar-refractivity contribution in [1.82, 2.24) is 9.47 Å². The highest BCUT2D eigenvalue weighted by atomic mass is 19.1. The number of rotatable bonds is 3. The summed E-state index contributed by atoms with van der Waals surface area (Å²) in [5, 5.41) is 25.3. The number of carbonyl (C=O) groups is 3. The van der Waals surface area contributed by atoms with E-state index in [9.17, 15) is 23.9 Å². The maximum absolute atomic E-state index is 14.8.